The van der Waals surface area contributed by atoms with E-state index in [9.17, 15) is 9.59 Å². The Balaban J connectivity index is 1.57. The van der Waals surface area contributed by atoms with E-state index >= 15 is 0 Å². The summed E-state index contributed by atoms with van der Waals surface area (Å²) in [4.78, 5) is 27.3. The lowest BCUT2D eigenvalue weighted by molar-refractivity contribution is 0.0980. The number of ketones is 2. The van der Waals surface area contributed by atoms with Gasteiger partial charge in [-0.25, -0.2) is 0 Å². The van der Waals surface area contributed by atoms with Crippen molar-refractivity contribution in [2.75, 3.05) is 10.6 Å². The molecular formula is C26H12Cl6N2O2. The second-order valence-corrected chi connectivity index (χ2v) is 10.3. The van der Waals surface area contributed by atoms with Crippen LogP contribution in [-0.2, 0) is 0 Å². The first-order valence-electron chi connectivity index (χ1n) is 10.3. The Bertz CT molecular complexity index is 1440. The van der Waals surface area contributed by atoms with E-state index in [2.05, 4.69) is 10.6 Å². The Morgan fingerprint density at radius 3 is 1.17 bits per heavy atom. The fourth-order valence-electron chi connectivity index (χ4n) is 4.02. The first-order valence-corrected chi connectivity index (χ1v) is 12.6. The minimum atomic E-state index is -0.315. The van der Waals surface area contributed by atoms with Gasteiger partial charge in [0, 0.05) is 22.5 Å². The highest BCUT2D eigenvalue weighted by Gasteiger charge is 2.33. The van der Waals surface area contributed by atoms with Gasteiger partial charge in [-0.2, -0.15) is 0 Å². The molecule has 0 aliphatic heterocycles. The average molecular weight is 597 g/mol. The lowest BCUT2D eigenvalue weighted by Gasteiger charge is -2.23. The molecular weight excluding hydrogens is 585 g/mol. The fourth-order valence-corrected chi connectivity index (χ4v) is 5.21. The third-order valence-corrected chi connectivity index (χ3v) is 7.99. The summed E-state index contributed by atoms with van der Waals surface area (Å²) in [5.74, 6) is -0.630. The Morgan fingerprint density at radius 1 is 0.500 bits per heavy atom. The van der Waals surface area contributed by atoms with Gasteiger partial charge in [0.05, 0.1) is 52.6 Å². The number of halogens is 6. The molecule has 0 radical (unpaired) electrons. The van der Waals surface area contributed by atoms with Crippen LogP contribution in [0.3, 0.4) is 0 Å². The minimum absolute atomic E-state index is 0.224. The molecule has 0 saturated carbocycles. The Hall–Kier alpha value is -2.44. The summed E-state index contributed by atoms with van der Waals surface area (Å²) in [5, 5.41) is 7.73. The van der Waals surface area contributed by atoms with Crippen molar-refractivity contribution < 1.29 is 9.59 Å². The maximum atomic E-state index is 13.7. The summed E-state index contributed by atoms with van der Waals surface area (Å²) in [7, 11) is 0. The van der Waals surface area contributed by atoms with Crippen LogP contribution in [0.5, 0.6) is 0 Å². The molecule has 4 aromatic rings. The predicted octanol–water partition coefficient (Wildman–Crippen LogP) is 9.87. The number of carbonyl (C=O) groups is 2. The van der Waals surface area contributed by atoms with Crippen LogP contribution in [0.25, 0.3) is 0 Å². The zero-order valence-corrected chi connectivity index (χ0v) is 22.4. The summed E-state index contributed by atoms with van der Waals surface area (Å²) in [6, 6.07) is 16.3. The normalized spacial score (nSPS) is 12.3. The predicted molar refractivity (Wildman–Crippen MR) is 149 cm³/mol. The molecule has 36 heavy (non-hydrogen) atoms. The van der Waals surface area contributed by atoms with Gasteiger partial charge < -0.3 is 10.6 Å². The molecule has 2 N–H and O–H groups in total. The third kappa shape index (κ3) is 4.43. The molecule has 0 unspecified atom stereocenters. The second kappa shape index (κ2) is 9.79. The maximum Gasteiger partial charge on any atom is 0.196 e. The van der Waals surface area contributed by atoms with Gasteiger partial charge in [0.15, 0.2) is 11.6 Å². The van der Waals surface area contributed by atoms with Crippen molar-refractivity contribution in [3.8, 4) is 0 Å². The molecule has 0 atom stereocenters. The zero-order chi connectivity index (χ0) is 25.7. The SMILES string of the molecule is O=C1c2cccc(Nc3cc(Cl)c(Cl)c(Cl)c3)c2C(=O)c2cccc(Nc3cc(Cl)c(Cl)c(Cl)c3)c21. The molecule has 180 valence electrons. The van der Waals surface area contributed by atoms with Crippen LogP contribution in [0.15, 0.2) is 60.7 Å². The first-order chi connectivity index (χ1) is 17.2. The van der Waals surface area contributed by atoms with Gasteiger partial charge in [0.1, 0.15) is 0 Å². The van der Waals surface area contributed by atoms with Crippen LogP contribution in [0.1, 0.15) is 31.8 Å². The van der Waals surface area contributed by atoms with E-state index in [-0.39, 0.29) is 64.0 Å². The van der Waals surface area contributed by atoms with Crippen LogP contribution in [0.2, 0.25) is 30.1 Å². The Labute approximate surface area is 236 Å². The quantitative estimate of drug-likeness (QED) is 0.203. The van der Waals surface area contributed by atoms with Crippen LogP contribution >= 0.6 is 69.6 Å². The summed E-state index contributed by atoms with van der Waals surface area (Å²) < 4.78 is 0. The molecule has 0 fully saturated rings. The van der Waals surface area contributed by atoms with Gasteiger partial charge >= 0.3 is 0 Å². The first kappa shape index (κ1) is 25.2. The number of nitrogens with one attached hydrogen (secondary N) is 2. The minimum Gasteiger partial charge on any atom is -0.355 e. The largest absolute Gasteiger partial charge is 0.355 e. The lowest BCUT2D eigenvalue weighted by atomic mass is 9.82. The van der Waals surface area contributed by atoms with Crippen molar-refractivity contribution in [2.24, 2.45) is 0 Å². The lowest BCUT2D eigenvalue weighted by Crippen LogP contribution is -2.23. The molecule has 5 rings (SSSR count). The topological polar surface area (TPSA) is 58.2 Å². The molecule has 10 heteroatoms. The van der Waals surface area contributed by atoms with Gasteiger partial charge in [0.25, 0.3) is 0 Å². The summed E-state index contributed by atoms with van der Waals surface area (Å²) >= 11 is 36.7. The van der Waals surface area contributed by atoms with Crippen LogP contribution in [0, 0.1) is 0 Å². The van der Waals surface area contributed by atoms with Gasteiger partial charge in [-0.05, 0) is 36.4 Å². The van der Waals surface area contributed by atoms with E-state index < -0.39 is 0 Å². The molecule has 0 aromatic heterocycles. The Morgan fingerprint density at radius 2 is 0.833 bits per heavy atom. The highest BCUT2D eigenvalue weighted by atomic mass is 35.5. The zero-order valence-electron chi connectivity index (χ0n) is 17.9. The molecule has 1 aliphatic rings. The van der Waals surface area contributed by atoms with E-state index in [1.165, 1.54) is 0 Å². The monoisotopic (exact) mass is 594 g/mol. The molecule has 1 aliphatic carbocycles. The van der Waals surface area contributed by atoms with E-state index in [0.29, 0.717) is 22.7 Å². The number of fused-ring (bicyclic) bond motifs is 2. The van der Waals surface area contributed by atoms with Crippen molar-refractivity contribution in [3.63, 3.8) is 0 Å². The van der Waals surface area contributed by atoms with Crippen LogP contribution in [-0.4, -0.2) is 11.6 Å². The second-order valence-electron chi connectivity index (χ2n) is 7.87. The van der Waals surface area contributed by atoms with E-state index in [1.807, 2.05) is 0 Å². The smallest absolute Gasteiger partial charge is 0.196 e. The molecule has 0 spiro atoms. The molecule has 0 bridgehead atoms. The Kier molecular flexibility index (Phi) is 6.86. The highest BCUT2D eigenvalue weighted by Crippen LogP contribution is 2.40. The summed E-state index contributed by atoms with van der Waals surface area (Å²) in [5.41, 5.74) is 2.89. The van der Waals surface area contributed by atoms with Crippen molar-refractivity contribution in [1.82, 2.24) is 0 Å². The van der Waals surface area contributed by atoms with Crippen molar-refractivity contribution in [1.29, 1.82) is 0 Å². The molecule has 0 amide bonds. The van der Waals surface area contributed by atoms with E-state index in [1.54, 1.807) is 60.7 Å². The fraction of sp³-hybridized carbons (Fsp3) is 0. The summed E-state index contributed by atoms with van der Waals surface area (Å²) in [6.45, 7) is 0. The van der Waals surface area contributed by atoms with E-state index in [4.69, 9.17) is 69.6 Å². The third-order valence-electron chi connectivity index (χ3n) is 5.60. The van der Waals surface area contributed by atoms with Crippen molar-refractivity contribution >= 4 is 104 Å². The summed E-state index contributed by atoms with van der Waals surface area (Å²) in [6.07, 6.45) is 0. The molecule has 4 nitrogen and oxygen atoms in total. The number of carbonyl (C=O) groups excluding carboxylic acids is 2. The van der Waals surface area contributed by atoms with Crippen molar-refractivity contribution in [2.45, 2.75) is 0 Å². The van der Waals surface area contributed by atoms with Crippen molar-refractivity contribution in [3.05, 3.63) is 113 Å². The van der Waals surface area contributed by atoms with Gasteiger partial charge in [0.2, 0.25) is 0 Å². The van der Waals surface area contributed by atoms with Gasteiger partial charge in [-0.1, -0.05) is 93.9 Å². The van der Waals surface area contributed by atoms with Gasteiger partial charge in [-0.3, -0.25) is 9.59 Å². The molecule has 4 aromatic carbocycles. The maximum absolute atomic E-state index is 13.7. The standard InChI is InChI=1S/C26H12Cl6N2O2/c27-15-7-11(8-16(28)23(15)31)33-19-5-1-3-13-21(19)26(36)14-4-2-6-20(22(14)25(13)35)34-12-9-17(29)24(32)18(30)10-12/h1-10,33-34H. The number of hydrogen-bond donors (Lipinski definition) is 2. The molecule has 0 heterocycles. The number of benzene rings is 4. The number of anilines is 4. The van der Waals surface area contributed by atoms with Crippen LogP contribution < -0.4 is 10.6 Å². The molecule has 0 saturated heterocycles. The number of hydrogen-bond acceptors (Lipinski definition) is 4. The highest BCUT2D eigenvalue weighted by molar-refractivity contribution is 6.49. The van der Waals surface area contributed by atoms with Gasteiger partial charge in [-0.15, -0.1) is 0 Å². The number of rotatable bonds is 4. The van der Waals surface area contributed by atoms with E-state index in [0.717, 1.165) is 0 Å². The average Bonchev–Trinajstić information content (AvgIpc) is 2.84. The van der Waals surface area contributed by atoms with Crippen LogP contribution in [0.4, 0.5) is 22.7 Å².